The van der Waals surface area contributed by atoms with Crippen LogP contribution in [-0.2, 0) is 17.8 Å². The first-order valence-corrected chi connectivity index (χ1v) is 12.3. The molecule has 0 bridgehead atoms. The first-order valence-electron chi connectivity index (χ1n) is 12.3. The third-order valence-electron chi connectivity index (χ3n) is 8.02. The van der Waals surface area contributed by atoms with Crippen molar-refractivity contribution in [2.75, 3.05) is 0 Å². The van der Waals surface area contributed by atoms with E-state index in [4.69, 9.17) is 0 Å². The topological polar surface area (TPSA) is 61.4 Å². The van der Waals surface area contributed by atoms with Gasteiger partial charge in [-0.15, -0.1) is 0 Å². The monoisotopic (exact) mass is 457 g/mol. The SMILES string of the molecule is C=C1CCC(N2Cc3cc(C[C@H]4CCC[C@@H]4NC4CCC(F)(F)CC4)ccc3C2=O)C(=O)N1. The lowest BCUT2D eigenvalue weighted by Crippen LogP contribution is -2.49. The average Bonchev–Trinajstić information content (AvgIpc) is 3.33. The highest BCUT2D eigenvalue weighted by atomic mass is 19.3. The molecule has 2 aliphatic heterocycles. The third-order valence-corrected chi connectivity index (χ3v) is 8.02. The van der Waals surface area contributed by atoms with E-state index in [1.165, 1.54) is 5.56 Å². The molecule has 0 spiro atoms. The molecular formula is C26H33F2N3O2. The Morgan fingerprint density at radius 1 is 1.12 bits per heavy atom. The van der Waals surface area contributed by atoms with Crippen molar-refractivity contribution >= 4 is 11.8 Å². The molecule has 0 radical (unpaired) electrons. The number of nitrogens with zero attached hydrogens (tertiary/aromatic N) is 1. The molecule has 1 aromatic rings. The van der Waals surface area contributed by atoms with Gasteiger partial charge in [0.25, 0.3) is 5.91 Å². The number of amides is 2. The summed E-state index contributed by atoms with van der Waals surface area (Å²) in [6.45, 7) is 4.29. The Bertz CT molecular complexity index is 953. The van der Waals surface area contributed by atoms with Gasteiger partial charge in [-0.3, -0.25) is 9.59 Å². The molecule has 1 aromatic carbocycles. The molecule has 178 valence electrons. The second-order valence-electron chi connectivity index (χ2n) is 10.4. The van der Waals surface area contributed by atoms with E-state index in [1.54, 1.807) is 4.90 Å². The summed E-state index contributed by atoms with van der Waals surface area (Å²) in [6, 6.07) is 6.20. The smallest absolute Gasteiger partial charge is 0.255 e. The minimum absolute atomic E-state index is 0.00939. The summed E-state index contributed by atoms with van der Waals surface area (Å²) in [5, 5.41) is 6.48. The summed E-state index contributed by atoms with van der Waals surface area (Å²) in [7, 11) is 0. The summed E-state index contributed by atoms with van der Waals surface area (Å²) < 4.78 is 27.0. The second kappa shape index (κ2) is 8.82. The Morgan fingerprint density at radius 3 is 2.67 bits per heavy atom. The molecule has 2 saturated carbocycles. The van der Waals surface area contributed by atoms with Crippen molar-refractivity contribution in [2.45, 2.75) is 94.8 Å². The van der Waals surface area contributed by atoms with Crippen molar-refractivity contribution in [1.82, 2.24) is 15.5 Å². The fourth-order valence-corrected chi connectivity index (χ4v) is 6.15. The van der Waals surface area contributed by atoms with E-state index in [9.17, 15) is 18.4 Å². The summed E-state index contributed by atoms with van der Waals surface area (Å²) in [6.07, 6.45) is 6.69. The molecule has 3 fully saturated rings. The molecule has 5 rings (SSSR count). The number of carbonyl (C=O) groups is 2. The molecule has 2 N–H and O–H groups in total. The van der Waals surface area contributed by atoms with E-state index >= 15 is 0 Å². The number of alkyl halides is 2. The number of allylic oxidation sites excluding steroid dienone is 1. The van der Waals surface area contributed by atoms with Crippen LogP contribution in [-0.4, -0.2) is 40.8 Å². The van der Waals surface area contributed by atoms with Gasteiger partial charge in [-0.05, 0) is 68.1 Å². The van der Waals surface area contributed by atoms with Crippen LogP contribution in [0.4, 0.5) is 8.78 Å². The summed E-state index contributed by atoms with van der Waals surface area (Å²) in [5.41, 5.74) is 3.61. The fraction of sp³-hybridized carbons (Fsp3) is 0.615. The van der Waals surface area contributed by atoms with Crippen LogP contribution in [0.3, 0.4) is 0 Å². The van der Waals surface area contributed by atoms with E-state index < -0.39 is 12.0 Å². The summed E-state index contributed by atoms with van der Waals surface area (Å²) in [4.78, 5) is 27.1. The van der Waals surface area contributed by atoms with Crippen LogP contribution in [0.5, 0.6) is 0 Å². The molecule has 2 amide bonds. The highest BCUT2D eigenvalue weighted by molar-refractivity contribution is 6.01. The lowest BCUT2D eigenvalue weighted by molar-refractivity contribution is -0.126. The summed E-state index contributed by atoms with van der Waals surface area (Å²) in [5.74, 6) is -2.23. The number of benzene rings is 1. The Morgan fingerprint density at radius 2 is 1.91 bits per heavy atom. The minimum Gasteiger partial charge on any atom is -0.329 e. The van der Waals surface area contributed by atoms with E-state index in [0.717, 1.165) is 31.2 Å². The van der Waals surface area contributed by atoms with E-state index in [-0.39, 0.29) is 30.7 Å². The van der Waals surface area contributed by atoms with E-state index in [2.05, 4.69) is 23.3 Å². The molecule has 2 aliphatic carbocycles. The number of fused-ring (bicyclic) bond motifs is 1. The summed E-state index contributed by atoms with van der Waals surface area (Å²) >= 11 is 0. The molecule has 7 heteroatoms. The van der Waals surface area contributed by atoms with E-state index in [0.29, 0.717) is 55.4 Å². The predicted molar refractivity (Wildman–Crippen MR) is 122 cm³/mol. The van der Waals surface area contributed by atoms with Crippen molar-refractivity contribution < 1.29 is 18.4 Å². The molecule has 5 nitrogen and oxygen atoms in total. The van der Waals surface area contributed by atoms with Gasteiger partial charge in [-0.25, -0.2) is 8.78 Å². The lowest BCUT2D eigenvalue weighted by Gasteiger charge is -2.33. The van der Waals surface area contributed by atoms with Crippen molar-refractivity contribution in [2.24, 2.45) is 5.92 Å². The molecular weight excluding hydrogens is 424 g/mol. The maximum atomic E-state index is 13.5. The highest BCUT2D eigenvalue weighted by Crippen LogP contribution is 2.36. The predicted octanol–water partition coefficient (Wildman–Crippen LogP) is 4.31. The first kappa shape index (κ1) is 22.5. The number of nitrogens with one attached hydrogen (secondary N) is 2. The Balaban J connectivity index is 1.22. The third kappa shape index (κ3) is 4.70. The molecule has 2 heterocycles. The van der Waals surface area contributed by atoms with Crippen molar-refractivity contribution in [3.05, 3.63) is 47.2 Å². The zero-order valence-corrected chi connectivity index (χ0v) is 19.0. The molecule has 4 aliphatic rings. The number of piperidine rings is 1. The molecule has 0 aromatic heterocycles. The van der Waals surface area contributed by atoms with Crippen LogP contribution in [0.1, 0.15) is 79.3 Å². The number of carbonyl (C=O) groups excluding carboxylic acids is 2. The molecule has 33 heavy (non-hydrogen) atoms. The number of halogens is 2. The second-order valence-corrected chi connectivity index (χ2v) is 10.4. The molecule has 1 saturated heterocycles. The molecule has 3 atom stereocenters. The van der Waals surface area contributed by atoms with Crippen LogP contribution in [0.15, 0.2) is 30.5 Å². The first-order chi connectivity index (χ1) is 15.8. The van der Waals surface area contributed by atoms with Gasteiger partial charge >= 0.3 is 0 Å². The average molecular weight is 458 g/mol. The van der Waals surface area contributed by atoms with E-state index in [1.807, 2.05) is 12.1 Å². The van der Waals surface area contributed by atoms with Gasteiger partial charge in [-0.2, -0.15) is 0 Å². The van der Waals surface area contributed by atoms with Gasteiger partial charge in [0.15, 0.2) is 0 Å². The number of hydrogen-bond donors (Lipinski definition) is 2. The van der Waals surface area contributed by atoms with Crippen molar-refractivity contribution in [1.29, 1.82) is 0 Å². The Hall–Kier alpha value is -2.28. The van der Waals surface area contributed by atoms with Gasteiger partial charge in [0.2, 0.25) is 11.8 Å². The lowest BCUT2D eigenvalue weighted by atomic mass is 9.89. The minimum atomic E-state index is -2.49. The highest BCUT2D eigenvalue weighted by Gasteiger charge is 2.39. The fourth-order valence-electron chi connectivity index (χ4n) is 6.15. The molecule has 1 unspecified atom stereocenters. The normalized spacial score (nSPS) is 29.9. The standard InChI is InChI=1S/C26H33F2N3O2/c1-16-5-8-23(24(32)29-16)31-15-19-14-17(6-7-21(19)25(31)33)13-18-3-2-4-22(18)30-20-9-11-26(27,28)12-10-20/h6-7,14,18,20,22-23,30H,1-5,8-13,15H2,(H,29,32)/t18-,22+,23?/m1/s1. The van der Waals surface area contributed by atoms with Crippen LogP contribution < -0.4 is 10.6 Å². The zero-order valence-electron chi connectivity index (χ0n) is 19.0. The van der Waals surface area contributed by atoms with Gasteiger partial charge in [0, 0.05) is 42.7 Å². The largest absolute Gasteiger partial charge is 0.329 e. The van der Waals surface area contributed by atoms with Crippen LogP contribution >= 0.6 is 0 Å². The van der Waals surface area contributed by atoms with Gasteiger partial charge < -0.3 is 15.5 Å². The van der Waals surface area contributed by atoms with Crippen LogP contribution in [0.2, 0.25) is 0 Å². The maximum Gasteiger partial charge on any atom is 0.255 e. The van der Waals surface area contributed by atoms with Crippen molar-refractivity contribution in [3.8, 4) is 0 Å². The maximum absolute atomic E-state index is 13.5. The zero-order chi connectivity index (χ0) is 23.2. The Kier molecular flexibility index (Phi) is 6.02. The quantitative estimate of drug-likeness (QED) is 0.693. The van der Waals surface area contributed by atoms with Crippen molar-refractivity contribution in [3.63, 3.8) is 0 Å². The van der Waals surface area contributed by atoms with Crippen LogP contribution in [0.25, 0.3) is 0 Å². The number of hydrogen-bond acceptors (Lipinski definition) is 3. The van der Waals surface area contributed by atoms with Gasteiger partial charge in [-0.1, -0.05) is 25.1 Å². The van der Waals surface area contributed by atoms with Crippen LogP contribution in [0, 0.1) is 5.92 Å². The Labute approximate surface area is 194 Å². The van der Waals surface area contributed by atoms with Gasteiger partial charge in [0.1, 0.15) is 6.04 Å². The van der Waals surface area contributed by atoms with Gasteiger partial charge in [0.05, 0.1) is 0 Å². The number of rotatable bonds is 5.